The molecule has 0 amide bonds. The molecule has 0 unspecified atom stereocenters. The van der Waals surface area contributed by atoms with Gasteiger partial charge in [0.1, 0.15) is 11.5 Å². The van der Waals surface area contributed by atoms with E-state index in [0.29, 0.717) is 29.0 Å². The van der Waals surface area contributed by atoms with E-state index >= 15 is 0 Å². The first-order chi connectivity index (χ1) is 10.8. The molecule has 0 aliphatic carbocycles. The summed E-state index contributed by atoms with van der Waals surface area (Å²) in [4.78, 5) is 0. The number of hydrogen-bond donors (Lipinski definition) is 0. The standard InChI is InChI=1S/C15H17N3O3S/c1-19-12-8-11(9-13(10-12)20-2)14-17-18-15(21-14)22-7-5-3-4-6-16/h8-10H,3-5,7H2,1-2H3. The van der Waals surface area contributed by atoms with E-state index < -0.39 is 0 Å². The summed E-state index contributed by atoms with van der Waals surface area (Å²) >= 11 is 1.49. The number of rotatable bonds is 8. The number of nitrogens with zero attached hydrogens (tertiary/aromatic N) is 3. The van der Waals surface area contributed by atoms with Crippen molar-refractivity contribution in [3.63, 3.8) is 0 Å². The zero-order valence-corrected chi connectivity index (χ0v) is 13.4. The Labute approximate surface area is 133 Å². The van der Waals surface area contributed by atoms with Crippen LogP contribution in [0.2, 0.25) is 0 Å². The summed E-state index contributed by atoms with van der Waals surface area (Å²) in [5.41, 5.74) is 0.750. The predicted octanol–water partition coefficient (Wildman–Crippen LogP) is 3.54. The lowest BCUT2D eigenvalue weighted by atomic mass is 10.2. The van der Waals surface area contributed by atoms with Crippen molar-refractivity contribution in [2.75, 3.05) is 20.0 Å². The molecule has 0 atom stereocenters. The highest BCUT2D eigenvalue weighted by atomic mass is 32.2. The van der Waals surface area contributed by atoms with Crippen LogP contribution in [0, 0.1) is 11.3 Å². The van der Waals surface area contributed by atoms with Crippen LogP contribution >= 0.6 is 11.8 Å². The minimum absolute atomic E-state index is 0.428. The Bertz CT molecular complexity index is 629. The fourth-order valence-electron chi connectivity index (χ4n) is 1.78. The van der Waals surface area contributed by atoms with Crippen molar-refractivity contribution in [1.29, 1.82) is 5.26 Å². The van der Waals surface area contributed by atoms with Crippen LogP contribution in [0.3, 0.4) is 0 Å². The molecule has 0 N–H and O–H groups in total. The number of ether oxygens (including phenoxy) is 2. The number of hydrogen-bond acceptors (Lipinski definition) is 7. The van der Waals surface area contributed by atoms with Gasteiger partial charge in [-0.05, 0) is 25.0 Å². The molecule has 0 fully saturated rings. The number of methoxy groups -OCH3 is 2. The van der Waals surface area contributed by atoms with Crippen molar-refractivity contribution in [1.82, 2.24) is 10.2 Å². The van der Waals surface area contributed by atoms with Gasteiger partial charge in [0.15, 0.2) is 0 Å². The van der Waals surface area contributed by atoms with E-state index in [9.17, 15) is 0 Å². The Hall–Kier alpha value is -2.20. The van der Waals surface area contributed by atoms with Gasteiger partial charge in [0, 0.05) is 23.8 Å². The van der Waals surface area contributed by atoms with Crippen LogP contribution < -0.4 is 9.47 Å². The van der Waals surface area contributed by atoms with Crippen molar-refractivity contribution >= 4 is 11.8 Å². The molecule has 0 aliphatic rings. The van der Waals surface area contributed by atoms with E-state index in [1.54, 1.807) is 20.3 Å². The fraction of sp³-hybridized carbons (Fsp3) is 0.400. The number of nitriles is 1. The molecule has 0 bridgehead atoms. The van der Waals surface area contributed by atoms with E-state index in [0.717, 1.165) is 24.2 Å². The monoisotopic (exact) mass is 319 g/mol. The molecule has 22 heavy (non-hydrogen) atoms. The number of aromatic nitrogens is 2. The fourth-order valence-corrected chi connectivity index (χ4v) is 2.54. The first-order valence-electron chi connectivity index (χ1n) is 6.83. The van der Waals surface area contributed by atoms with Gasteiger partial charge in [0.25, 0.3) is 5.22 Å². The zero-order chi connectivity index (χ0) is 15.8. The lowest BCUT2D eigenvalue weighted by Crippen LogP contribution is -1.88. The third-order valence-corrected chi connectivity index (χ3v) is 3.82. The summed E-state index contributed by atoms with van der Waals surface area (Å²) in [5, 5.41) is 17.1. The van der Waals surface area contributed by atoms with Crippen LogP contribution in [-0.2, 0) is 0 Å². The highest BCUT2D eigenvalue weighted by molar-refractivity contribution is 7.99. The quantitative estimate of drug-likeness (QED) is 0.543. The molecule has 2 rings (SSSR count). The molecule has 1 aromatic carbocycles. The number of benzene rings is 1. The maximum Gasteiger partial charge on any atom is 0.276 e. The molecule has 2 aromatic rings. The first kappa shape index (κ1) is 16.2. The second kappa shape index (κ2) is 8.29. The molecular weight excluding hydrogens is 302 g/mol. The maximum absolute atomic E-state index is 8.48. The van der Waals surface area contributed by atoms with Crippen molar-refractivity contribution < 1.29 is 13.9 Å². The van der Waals surface area contributed by atoms with Crippen LogP contribution in [0.5, 0.6) is 11.5 Å². The Morgan fingerprint density at radius 1 is 1.14 bits per heavy atom. The second-order valence-corrected chi connectivity index (χ2v) is 5.48. The summed E-state index contributed by atoms with van der Waals surface area (Å²) in [6.07, 6.45) is 2.42. The number of unbranched alkanes of at least 4 members (excludes halogenated alkanes) is 2. The van der Waals surface area contributed by atoms with Gasteiger partial charge < -0.3 is 13.9 Å². The van der Waals surface area contributed by atoms with E-state index in [1.165, 1.54) is 11.8 Å². The zero-order valence-electron chi connectivity index (χ0n) is 12.5. The van der Waals surface area contributed by atoms with Crippen LogP contribution in [0.15, 0.2) is 27.8 Å². The van der Waals surface area contributed by atoms with E-state index in [2.05, 4.69) is 16.3 Å². The molecule has 1 aromatic heterocycles. The molecule has 0 spiro atoms. The third kappa shape index (κ3) is 4.40. The predicted molar refractivity (Wildman–Crippen MR) is 83.0 cm³/mol. The first-order valence-corrected chi connectivity index (χ1v) is 7.82. The highest BCUT2D eigenvalue weighted by Gasteiger charge is 2.11. The summed E-state index contributed by atoms with van der Waals surface area (Å²) in [6, 6.07) is 7.55. The molecule has 6 nitrogen and oxygen atoms in total. The average molecular weight is 319 g/mol. The lowest BCUT2D eigenvalue weighted by molar-refractivity contribution is 0.394. The largest absolute Gasteiger partial charge is 0.497 e. The SMILES string of the molecule is COc1cc(OC)cc(-c2nnc(SCCCCC#N)o2)c1. The Morgan fingerprint density at radius 2 is 1.86 bits per heavy atom. The van der Waals surface area contributed by atoms with Gasteiger partial charge in [-0.15, -0.1) is 10.2 Å². The molecule has 0 saturated carbocycles. The molecule has 116 valence electrons. The van der Waals surface area contributed by atoms with Gasteiger partial charge in [0.05, 0.1) is 20.3 Å². The molecule has 1 heterocycles. The molecule has 0 aliphatic heterocycles. The molecule has 7 heteroatoms. The van der Waals surface area contributed by atoms with Gasteiger partial charge >= 0.3 is 0 Å². The van der Waals surface area contributed by atoms with Gasteiger partial charge in [0.2, 0.25) is 5.89 Å². The minimum atomic E-state index is 0.428. The van der Waals surface area contributed by atoms with Crippen molar-refractivity contribution in [3.8, 4) is 29.0 Å². The molecular formula is C15H17N3O3S. The lowest BCUT2D eigenvalue weighted by Gasteiger charge is -2.05. The van der Waals surface area contributed by atoms with E-state index in [1.807, 2.05) is 12.1 Å². The Balaban J connectivity index is 2.03. The Kier molecular flexibility index (Phi) is 6.10. The Morgan fingerprint density at radius 3 is 2.50 bits per heavy atom. The average Bonchev–Trinajstić information content (AvgIpc) is 3.03. The van der Waals surface area contributed by atoms with Crippen molar-refractivity contribution in [2.45, 2.75) is 24.5 Å². The van der Waals surface area contributed by atoms with E-state index in [-0.39, 0.29) is 0 Å². The minimum Gasteiger partial charge on any atom is -0.497 e. The van der Waals surface area contributed by atoms with Crippen LogP contribution in [-0.4, -0.2) is 30.2 Å². The van der Waals surface area contributed by atoms with Gasteiger partial charge in [-0.25, -0.2) is 0 Å². The van der Waals surface area contributed by atoms with E-state index in [4.69, 9.17) is 19.2 Å². The second-order valence-electron chi connectivity index (χ2n) is 4.44. The summed E-state index contributed by atoms with van der Waals surface area (Å²) in [5.74, 6) is 2.61. The van der Waals surface area contributed by atoms with Crippen molar-refractivity contribution in [2.24, 2.45) is 0 Å². The number of thioether (sulfide) groups is 1. The summed E-state index contributed by atoms with van der Waals surface area (Å²) < 4.78 is 16.1. The van der Waals surface area contributed by atoms with Gasteiger partial charge in [-0.2, -0.15) is 5.26 Å². The van der Waals surface area contributed by atoms with Gasteiger partial charge in [-0.1, -0.05) is 11.8 Å². The molecule has 0 saturated heterocycles. The van der Waals surface area contributed by atoms with Crippen LogP contribution in [0.1, 0.15) is 19.3 Å². The highest BCUT2D eigenvalue weighted by Crippen LogP contribution is 2.30. The third-order valence-electron chi connectivity index (χ3n) is 2.91. The molecule has 0 radical (unpaired) electrons. The van der Waals surface area contributed by atoms with Crippen LogP contribution in [0.25, 0.3) is 11.5 Å². The smallest absolute Gasteiger partial charge is 0.276 e. The van der Waals surface area contributed by atoms with Gasteiger partial charge in [-0.3, -0.25) is 0 Å². The maximum atomic E-state index is 8.48. The van der Waals surface area contributed by atoms with Crippen LogP contribution in [0.4, 0.5) is 0 Å². The summed E-state index contributed by atoms with van der Waals surface area (Å²) in [6.45, 7) is 0. The van der Waals surface area contributed by atoms with Crippen molar-refractivity contribution in [3.05, 3.63) is 18.2 Å². The summed E-state index contributed by atoms with van der Waals surface area (Å²) in [7, 11) is 3.18. The normalized spacial score (nSPS) is 10.2. The topological polar surface area (TPSA) is 81.2 Å².